The molecule has 0 aliphatic carbocycles. The first kappa shape index (κ1) is 16.2. The molecule has 0 aromatic heterocycles. The normalized spacial score (nSPS) is 20.1. The number of carboxylic acid groups (broad SMARTS) is 1. The number of rotatable bonds is 5. The van der Waals surface area contributed by atoms with Gasteiger partial charge in [-0.15, -0.1) is 0 Å². The van der Waals surface area contributed by atoms with Crippen LogP contribution in [0.25, 0.3) is 0 Å². The number of carbonyl (C=O) groups excluding carboxylic acids is 2. The van der Waals surface area contributed by atoms with E-state index in [4.69, 9.17) is 5.11 Å². The number of aliphatic hydroxyl groups is 1. The Balaban J connectivity index is 2.49. The van der Waals surface area contributed by atoms with Crippen LogP contribution in [0.4, 0.5) is 4.79 Å². The van der Waals surface area contributed by atoms with E-state index < -0.39 is 30.1 Å². The van der Waals surface area contributed by atoms with Crippen molar-refractivity contribution in [3.8, 4) is 0 Å². The molecule has 20 heavy (non-hydrogen) atoms. The number of likely N-dealkylation sites (tertiary alicyclic amines) is 1. The van der Waals surface area contributed by atoms with E-state index in [1.165, 1.54) is 12.0 Å². The summed E-state index contributed by atoms with van der Waals surface area (Å²) < 4.78 is 4.43. The molecule has 1 unspecified atom stereocenters. The summed E-state index contributed by atoms with van der Waals surface area (Å²) in [6, 6.07) is -1.69. The van der Waals surface area contributed by atoms with Crippen LogP contribution in [0.15, 0.2) is 0 Å². The molecule has 0 radical (unpaired) electrons. The third-order valence-corrected chi connectivity index (χ3v) is 3.14. The van der Waals surface area contributed by atoms with Crippen LogP contribution in [0.5, 0.6) is 0 Å². The number of piperidine rings is 1. The maximum absolute atomic E-state index is 11.9. The van der Waals surface area contributed by atoms with Gasteiger partial charge in [-0.05, 0) is 19.3 Å². The SMILES string of the molecule is COC(=O)CC[C@@H](NC(=O)N1CCCC(O)C1)C(=O)O. The van der Waals surface area contributed by atoms with E-state index in [-0.39, 0.29) is 19.4 Å². The molecule has 2 amide bonds. The zero-order valence-corrected chi connectivity index (χ0v) is 11.4. The minimum absolute atomic E-state index is 0.0376. The van der Waals surface area contributed by atoms with Crippen molar-refractivity contribution in [2.75, 3.05) is 20.2 Å². The summed E-state index contributed by atoms with van der Waals surface area (Å²) in [5, 5.41) is 20.9. The lowest BCUT2D eigenvalue weighted by Gasteiger charge is -2.31. The number of carboxylic acids is 1. The summed E-state index contributed by atoms with van der Waals surface area (Å²) >= 11 is 0. The number of nitrogens with zero attached hydrogens (tertiary/aromatic N) is 1. The van der Waals surface area contributed by atoms with Crippen LogP contribution in [-0.4, -0.2) is 65.4 Å². The minimum Gasteiger partial charge on any atom is -0.480 e. The monoisotopic (exact) mass is 288 g/mol. The van der Waals surface area contributed by atoms with Crippen molar-refractivity contribution in [1.29, 1.82) is 0 Å². The molecule has 0 bridgehead atoms. The molecular formula is C12H20N2O6. The molecule has 114 valence electrons. The number of esters is 1. The van der Waals surface area contributed by atoms with Gasteiger partial charge in [-0.25, -0.2) is 9.59 Å². The first-order chi connectivity index (χ1) is 9.43. The molecule has 8 heteroatoms. The maximum Gasteiger partial charge on any atom is 0.326 e. The second-order valence-electron chi connectivity index (χ2n) is 4.70. The predicted octanol–water partition coefficient (Wildman–Crippen LogP) is -0.441. The molecule has 2 atom stereocenters. The smallest absolute Gasteiger partial charge is 0.326 e. The molecule has 0 aromatic rings. The van der Waals surface area contributed by atoms with Gasteiger partial charge in [0.1, 0.15) is 6.04 Å². The molecule has 1 aliphatic heterocycles. The summed E-state index contributed by atoms with van der Waals surface area (Å²) in [6.07, 6.45) is 0.608. The van der Waals surface area contributed by atoms with E-state index in [1.807, 2.05) is 0 Å². The molecule has 1 saturated heterocycles. The predicted molar refractivity (Wildman–Crippen MR) is 68.0 cm³/mol. The summed E-state index contributed by atoms with van der Waals surface area (Å²) in [7, 11) is 1.21. The number of methoxy groups -OCH3 is 1. The molecule has 3 N–H and O–H groups in total. The Kier molecular flexibility index (Phi) is 6.23. The largest absolute Gasteiger partial charge is 0.480 e. The van der Waals surface area contributed by atoms with Crippen molar-refractivity contribution in [1.82, 2.24) is 10.2 Å². The fourth-order valence-corrected chi connectivity index (χ4v) is 2.00. The molecule has 0 spiro atoms. The molecule has 1 aliphatic rings. The fraction of sp³-hybridized carbons (Fsp3) is 0.750. The van der Waals surface area contributed by atoms with Crippen molar-refractivity contribution in [2.45, 2.75) is 37.8 Å². The summed E-state index contributed by atoms with van der Waals surface area (Å²) in [5.41, 5.74) is 0. The van der Waals surface area contributed by atoms with Gasteiger partial charge in [0.25, 0.3) is 0 Å². The summed E-state index contributed by atoms with van der Waals surface area (Å²) in [5.74, 6) is -1.74. The molecule has 0 aromatic carbocycles. The lowest BCUT2D eigenvalue weighted by Crippen LogP contribution is -2.51. The van der Waals surface area contributed by atoms with Gasteiger partial charge >= 0.3 is 18.0 Å². The topological polar surface area (TPSA) is 116 Å². The van der Waals surface area contributed by atoms with Crippen molar-refractivity contribution in [3.05, 3.63) is 0 Å². The summed E-state index contributed by atoms with van der Waals surface area (Å²) in [6.45, 7) is 0.668. The number of amides is 2. The molecular weight excluding hydrogens is 268 g/mol. The first-order valence-corrected chi connectivity index (χ1v) is 6.47. The average Bonchev–Trinajstić information content (AvgIpc) is 2.42. The Morgan fingerprint density at radius 3 is 2.70 bits per heavy atom. The molecule has 8 nitrogen and oxygen atoms in total. The molecule has 1 heterocycles. The number of hydrogen-bond acceptors (Lipinski definition) is 5. The quantitative estimate of drug-likeness (QED) is 0.590. The highest BCUT2D eigenvalue weighted by Crippen LogP contribution is 2.10. The van der Waals surface area contributed by atoms with Crippen LogP contribution in [0.1, 0.15) is 25.7 Å². The lowest BCUT2D eigenvalue weighted by molar-refractivity contribution is -0.142. The van der Waals surface area contributed by atoms with Gasteiger partial charge in [-0.3, -0.25) is 4.79 Å². The van der Waals surface area contributed by atoms with E-state index in [0.717, 1.165) is 0 Å². The van der Waals surface area contributed by atoms with Crippen LogP contribution >= 0.6 is 0 Å². The summed E-state index contributed by atoms with van der Waals surface area (Å²) in [4.78, 5) is 35.3. The first-order valence-electron chi connectivity index (χ1n) is 6.47. The van der Waals surface area contributed by atoms with Gasteiger partial charge in [0.2, 0.25) is 0 Å². The van der Waals surface area contributed by atoms with E-state index in [2.05, 4.69) is 10.1 Å². The van der Waals surface area contributed by atoms with Crippen LogP contribution < -0.4 is 5.32 Å². The standard InChI is InChI=1S/C12H20N2O6/c1-20-10(16)5-4-9(11(17)18)13-12(19)14-6-2-3-8(15)7-14/h8-9,15H,2-7H2,1H3,(H,13,19)(H,17,18)/t8?,9-/m1/s1. The second kappa shape index (κ2) is 7.68. The molecule has 0 saturated carbocycles. The fourth-order valence-electron chi connectivity index (χ4n) is 2.00. The Bertz CT molecular complexity index is 373. The van der Waals surface area contributed by atoms with Crippen molar-refractivity contribution >= 4 is 18.0 Å². The lowest BCUT2D eigenvalue weighted by atomic mass is 10.1. The van der Waals surface area contributed by atoms with Gasteiger partial charge < -0.3 is 25.2 Å². The van der Waals surface area contributed by atoms with Gasteiger partial charge in [-0.2, -0.15) is 0 Å². The van der Waals surface area contributed by atoms with Crippen molar-refractivity contribution in [2.24, 2.45) is 0 Å². The average molecular weight is 288 g/mol. The number of β-amino-alcohol motifs (C(OH)–C–C–N with tert-alkyl or cyclic N) is 1. The van der Waals surface area contributed by atoms with Crippen LogP contribution in [-0.2, 0) is 14.3 Å². The maximum atomic E-state index is 11.9. The number of carbonyl (C=O) groups is 3. The Hall–Kier alpha value is -1.83. The Morgan fingerprint density at radius 2 is 2.15 bits per heavy atom. The third-order valence-electron chi connectivity index (χ3n) is 3.14. The van der Waals surface area contributed by atoms with Gasteiger partial charge in [0.05, 0.1) is 13.2 Å². The zero-order chi connectivity index (χ0) is 15.1. The van der Waals surface area contributed by atoms with Crippen molar-refractivity contribution < 1.29 is 29.3 Å². The van der Waals surface area contributed by atoms with E-state index in [1.54, 1.807) is 0 Å². The number of hydrogen-bond donors (Lipinski definition) is 3. The van der Waals surface area contributed by atoms with E-state index >= 15 is 0 Å². The molecule has 1 fully saturated rings. The highest BCUT2D eigenvalue weighted by molar-refractivity contribution is 5.83. The zero-order valence-electron chi connectivity index (χ0n) is 11.4. The highest BCUT2D eigenvalue weighted by atomic mass is 16.5. The van der Waals surface area contributed by atoms with Crippen molar-refractivity contribution in [3.63, 3.8) is 0 Å². The number of aliphatic carboxylic acids is 1. The number of aliphatic hydroxyl groups excluding tert-OH is 1. The minimum atomic E-state index is -1.21. The Labute approximate surface area is 116 Å². The van der Waals surface area contributed by atoms with Crippen LogP contribution in [0, 0.1) is 0 Å². The number of ether oxygens (including phenoxy) is 1. The van der Waals surface area contributed by atoms with Crippen LogP contribution in [0.3, 0.4) is 0 Å². The number of nitrogens with one attached hydrogen (secondary N) is 1. The van der Waals surface area contributed by atoms with Crippen LogP contribution in [0.2, 0.25) is 0 Å². The molecule has 1 rings (SSSR count). The Morgan fingerprint density at radius 1 is 1.45 bits per heavy atom. The van der Waals surface area contributed by atoms with E-state index in [9.17, 15) is 19.5 Å². The second-order valence-corrected chi connectivity index (χ2v) is 4.70. The van der Waals surface area contributed by atoms with Gasteiger partial charge in [0, 0.05) is 19.5 Å². The van der Waals surface area contributed by atoms with E-state index in [0.29, 0.717) is 19.4 Å². The van der Waals surface area contributed by atoms with Gasteiger partial charge in [0.15, 0.2) is 0 Å². The third kappa shape index (κ3) is 5.04. The highest BCUT2D eigenvalue weighted by Gasteiger charge is 2.26. The van der Waals surface area contributed by atoms with Gasteiger partial charge in [-0.1, -0.05) is 0 Å². The number of urea groups is 1.